The summed E-state index contributed by atoms with van der Waals surface area (Å²) in [5, 5.41) is 10.4. The summed E-state index contributed by atoms with van der Waals surface area (Å²) in [6.45, 7) is 0.870. The number of benzene rings is 1. The topological polar surface area (TPSA) is 40.5 Å². The summed E-state index contributed by atoms with van der Waals surface area (Å²) in [5.41, 5.74) is 0.883. The number of carbonyl (C=O) groups is 1. The lowest BCUT2D eigenvalue weighted by Crippen LogP contribution is -2.44. The maximum Gasteiger partial charge on any atom is 0.227 e. The molecule has 1 N–H and O–H groups in total. The molecule has 0 bridgehead atoms. The minimum absolute atomic E-state index is 0.177. The van der Waals surface area contributed by atoms with Gasteiger partial charge in [0.2, 0.25) is 5.91 Å². The highest BCUT2D eigenvalue weighted by molar-refractivity contribution is 9.09. The van der Waals surface area contributed by atoms with Gasteiger partial charge < -0.3 is 10.0 Å². The van der Waals surface area contributed by atoms with E-state index < -0.39 is 0 Å². The van der Waals surface area contributed by atoms with Crippen molar-refractivity contribution in [3.8, 4) is 5.75 Å². The van der Waals surface area contributed by atoms with Crippen molar-refractivity contribution in [3.63, 3.8) is 0 Å². The number of phenols is 1. The minimum atomic E-state index is 0.177. The summed E-state index contributed by atoms with van der Waals surface area (Å²) in [5.74, 6) is 0.400. The van der Waals surface area contributed by atoms with Gasteiger partial charge in [-0.2, -0.15) is 0 Å². The quantitative estimate of drug-likeness (QED) is 0.864. The van der Waals surface area contributed by atoms with Gasteiger partial charge in [0.05, 0.1) is 6.42 Å². The van der Waals surface area contributed by atoms with Crippen molar-refractivity contribution in [2.75, 3.05) is 11.9 Å². The summed E-state index contributed by atoms with van der Waals surface area (Å²) in [6, 6.07) is 7.34. The first kappa shape index (κ1) is 14.4. The first-order chi connectivity index (χ1) is 9.20. The van der Waals surface area contributed by atoms with Crippen LogP contribution in [0.4, 0.5) is 0 Å². The number of hydrogen-bond donors (Lipinski definition) is 1. The molecule has 19 heavy (non-hydrogen) atoms. The molecule has 1 fully saturated rings. The molecular weight excluding hydrogens is 306 g/mol. The second kappa shape index (κ2) is 6.94. The number of rotatable bonds is 4. The van der Waals surface area contributed by atoms with Gasteiger partial charge in [0, 0.05) is 17.9 Å². The van der Waals surface area contributed by atoms with Crippen LogP contribution in [0.3, 0.4) is 0 Å². The molecule has 1 amide bonds. The van der Waals surface area contributed by atoms with E-state index in [-0.39, 0.29) is 11.7 Å². The van der Waals surface area contributed by atoms with Crippen LogP contribution in [0.1, 0.15) is 31.2 Å². The third kappa shape index (κ3) is 3.96. The molecule has 104 valence electrons. The highest BCUT2D eigenvalue weighted by Crippen LogP contribution is 2.22. The molecule has 1 saturated heterocycles. The SMILES string of the molecule is O=C(Cc1cccc(O)c1)N1CCCCC1CCBr. The highest BCUT2D eigenvalue weighted by atomic mass is 79.9. The Morgan fingerprint density at radius 2 is 2.26 bits per heavy atom. The monoisotopic (exact) mass is 325 g/mol. The normalized spacial score (nSPS) is 19.4. The van der Waals surface area contributed by atoms with Gasteiger partial charge in [-0.1, -0.05) is 28.1 Å². The van der Waals surface area contributed by atoms with Crippen molar-refractivity contribution in [1.82, 2.24) is 4.90 Å². The number of piperidine rings is 1. The predicted octanol–water partition coefficient (Wildman–Crippen LogP) is 3.10. The van der Waals surface area contributed by atoms with Gasteiger partial charge in [-0.15, -0.1) is 0 Å². The van der Waals surface area contributed by atoms with Gasteiger partial charge in [-0.25, -0.2) is 0 Å². The van der Waals surface area contributed by atoms with Crippen molar-refractivity contribution in [3.05, 3.63) is 29.8 Å². The van der Waals surface area contributed by atoms with Crippen LogP contribution in [-0.4, -0.2) is 33.8 Å². The number of nitrogens with zero attached hydrogens (tertiary/aromatic N) is 1. The fourth-order valence-corrected chi connectivity index (χ4v) is 3.23. The third-order valence-electron chi connectivity index (χ3n) is 3.66. The zero-order chi connectivity index (χ0) is 13.7. The average molecular weight is 326 g/mol. The van der Waals surface area contributed by atoms with Gasteiger partial charge in [-0.05, 0) is 43.4 Å². The van der Waals surface area contributed by atoms with E-state index >= 15 is 0 Å². The van der Waals surface area contributed by atoms with E-state index in [4.69, 9.17) is 0 Å². The molecule has 3 nitrogen and oxygen atoms in total. The summed E-state index contributed by atoms with van der Waals surface area (Å²) >= 11 is 3.47. The molecule has 4 heteroatoms. The van der Waals surface area contributed by atoms with Crippen LogP contribution in [0, 0.1) is 0 Å². The molecule has 1 atom stereocenters. The van der Waals surface area contributed by atoms with Crippen LogP contribution in [-0.2, 0) is 11.2 Å². The standard InChI is InChI=1S/C15H20BrNO2/c16-8-7-13-5-1-2-9-17(13)15(19)11-12-4-3-6-14(18)10-12/h3-4,6,10,13,18H,1-2,5,7-9,11H2. The highest BCUT2D eigenvalue weighted by Gasteiger charge is 2.25. The number of halogens is 1. The van der Waals surface area contributed by atoms with Crippen molar-refractivity contribution in [1.29, 1.82) is 0 Å². The van der Waals surface area contributed by atoms with Crippen molar-refractivity contribution in [2.24, 2.45) is 0 Å². The molecule has 1 aromatic carbocycles. The van der Waals surface area contributed by atoms with Crippen molar-refractivity contribution >= 4 is 21.8 Å². The summed E-state index contributed by atoms with van der Waals surface area (Å²) in [6.07, 6.45) is 4.83. The smallest absolute Gasteiger partial charge is 0.227 e. The Morgan fingerprint density at radius 1 is 1.42 bits per heavy atom. The van der Waals surface area contributed by atoms with Crippen LogP contribution >= 0.6 is 15.9 Å². The van der Waals surface area contributed by atoms with Gasteiger partial charge in [0.1, 0.15) is 5.75 Å². The van der Waals surface area contributed by atoms with Gasteiger partial charge in [-0.3, -0.25) is 4.79 Å². The Kier molecular flexibility index (Phi) is 5.25. The van der Waals surface area contributed by atoms with Crippen molar-refractivity contribution in [2.45, 2.75) is 38.1 Å². The lowest BCUT2D eigenvalue weighted by Gasteiger charge is -2.35. The molecule has 1 unspecified atom stereocenters. The lowest BCUT2D eigenvalue weighted by molar-refractivity contribution is -0.134. The largest absolute Gasteiger partial charge is 0.508 e. The van der Waals surface area contributed by atoms with Gasteiger partial charge in [0.15, 0.2) is 0 Å². The van der Waals surface area contributed by atoms with Crippen LogP contribution in [0.5, 0.6) is 5.75 Å². The Balaban J connectivity index is 2.01. The van der Waals surface area contributed by atoms with Crippen LogP contribution in [0.25, 0.3) is 0 Å². The molecule has 2 rings (SSSR count). The van der Waals surface area contributed by atoms with E-state index in [9.17, 15) is 9.90 Å². The van der Waals surface area contributed by atoms with E-state index in [1.807, 2.05) is 11.0 Å². The molecular formula is C15H20BrNO2. The van der Waals surface area contributed by atoms with Crippen LogP contribution in [0.15, 0.2) is 24.3 Å². The Labute approximate surface area is 122 Å². The minimum Gasteiger partial charge on any atom is -0.508 e. The van der Waals surface area contributed by atoms with Gasteiger partial charge >= 0.3 is 0 Å². The summed E-state index contributed by atoms with van der Waals surface area (Å²) < 4.78 is 0. The first-order valence-corrected chi connectivity index (χ1v) is 7.96. The molecule has 0 radical (unpaired) electrons. The molecule has 0 aliphatic carbocycles. The summed E-state index contributed by atoms with van der Waals surface area (Å²) in [4.78, 5) is 14.4. The second-order valence-electron chi connectivity index (χ2n) is 5.06. The predicted molar refractivity (Wildman–Crippen MR) is 79.6 cm³/mol. The molecule has 1 aliphatic rings. The number of alkyl halides is 1. The number of phenolic OH excluding ortho intramolecular Hbond substituents is 1. The Bertz CT molecular complexity index is 434. The maximum absolute atomic E-state index is 12.4. The zero-order valence-corrected chi connectivity index (χ0v) is 12.6. The van der Waals surface area contributed by atoms with E-state index in [0.29, 0.717) is 12.5 Å². The molecule has 0 aromatic heterocycles. The number of aromatic hydroxyl groups is 1. The van der Waals surface area contributed by atoms with E-state index in [2.05, 4.69) is 15.9 Å². The molecule has 1 aliphatic heterocycles. The Morgan fingerprint density at radius 3 is 3.00 bits per heavy atom. The molecule has 1 aromatic rings. The molecule has 1 heterocycles. The average Bonchev–Trinajstić information content (AvgIpc) is 2.39. The second-order valence-corrected chi connectivity index (χ2v) is 5.85. The lowest BCUT2D eigenvalue weighted by atomic mass is 9.99. The van der Waals surface area contributed by atoms with E-state index in [1.165, 1.54) is 6.42 Å². The third-order valence-corrected chi connectivity index (χ3v) is 4.11. The molecule has 0 spiro atoms. The van der Waals surface area contributed by atoms with Crippen LogP contribution < -0.4 is 0 Å². The fraction of sp³-hybridized carbons (Fsp3) is 0.533. The Hall–Kier alpha value is -1.03. The number of amides is 1. The van der Waals surface area contributed by atoms with Crippen molar-refractivity contribution < 1.29 is 9.90 Å². The van der Waals surface area contributed by atoms with E-state index in [0.717, 1.165) is 36.7 Å². The van der Waals surface area contributed by atoms with Gasteiger partial charge in [0.25, 0.3) is 0 Å². The number of carbonyl (C=O) groups excluding carboxylic acids is 1. The van der Waals surface area contributed by atoms with Crippen LogP contribution in [0.2, 0.25) is 0 Å². The zero-order valence-electron chi connectivity index (χ0n) is 11.0. The maximum atomic E-state index is 12.4. The number of likely N-dealkylation sites (tertiary alicyclic amines) is 1. The molecule has 0 saturated carbocycles. The van der Waals surface area contributed by atoms with E-state index in [1.54, 1.807) is 18.2 Å². The summed E-state index contributed by atoms with van der Waals surface area (Å²) in [7, 11) is 0. The fourth-order valence-electron chi connectivity index (χ4n) is 2.70. The first-order valence-electron chi connectivity index (χ1n) is 6.84. The number of hydrogen-bond acceptors (Lipinski definition) is 2.